The summed E-state index contributed by atoms with van der Waals surface area (Å²) in [6, 6.07) is 7.90. The van der Waals surface area contributed by atoms with E-state index in [2.05, 4.69) is 5.32 Å². The SMILES string of the molecule is CN[C@H]1CCCC[C@@]1(O)c1cccc(OC)c1. The number of aliphatic hydroxyl groups is 1. The third kappa shape index (κ3) is 2.31. The van der Waals surface area contributed by atoms with Crippen LogP contribution in [0, 0.1) is 0 Å². The molecule has 2 rings (SSSR count). The Morgan fingerprint density at radius 1 is 1.41 bits per heavy atom. The Balaban J connectivity index is 2.33. The third-order valence-electron chi connectivity index (χ3n) is 3.80. The summed E-state index contributed by atoms with van der Waals surface area (Å²) in [5.41, 5.74) is 0.192. The Morgan fingerprint density at radius 2 is 2.24 bits per heavy atom. The summed E-state index contributed by atoms with van der Waals surface area (Å²) in [4.78, 5) is 0. The zero-order valence-corrected chi connectivity index (χ0v) is 10.6. The summed E-state index contributed by atoms with van der Waals surface area (Å²) in [7, 11) is 3.57. The van der Waals surface area contributed by atoms with Crippen LogP contribution in [0.3, 0.4) is 0 Å². The van der Waals surface area contributed by atoms with E-state index in [1.165, 1.54) is 6.42 Å². The molecule has 1 aromatic rings. The van der Waals surface area contributed by atoms with E-state index in [0.29, 0.717) is 0 Å². The second-order valence-corrected chi connectivity index (χ2v) is 4.74. The molecule has 1 aliphatic rings. The van der Waals surface area contributed by atoms with Crippen LogP contribution in [0.15, 0.2) is 24.3 Å². The van der Waals surface area contributed by atoms with Crippen molar-refractivity contribution in [1.29, 1.82) is 0 Å². The fourth-order valence-electron chi connectivity index (χ4n) is 2.78. The Labute approximate surface area is 103 Å². The maximum atomic E-state index is 10.9. The quantitative estimate of drug-likeness (QED) is 0.842. The van der Waals surface area contributed by atoms with Gasteiger partial charge >= 0.3 is 0 Å². The van der Waals surface area contributed by atoms with Crippen molar-refractivity contribution in [2.75, 3.05) is 14.2 Å². The van der Waals surface area contributed by atoms with Crippen LogP contribution < -0.4 is 10.1 Å². The second kappa shape index (κ2) is 5.07. The molecule has 3 nitrogen and oxygen atoms in total. The van der Waals surface area contributed by atoms with Crippen LogP contribution >= 0.6 is 0 Å². The number of benzene rings is 1. The van der Waals surface area contributed by atoms with Crippen LogP contribution in [0.1, 0.15) is 31.2 Å². The van der Waals surface area contributed by atoms with Gasteiger partial charge in [0.15, 0.2) is 0 Å². The fourth-order valence-corrected chi connectivity index (χ4v) is 2.78. The Bertz CT molecular complexity index is 380. The van der Waals surface area contributed by atoms with E-state index in [9.17, 15) is 5.11 Å². The van der Waals surface area contributed by atoms with Crippen LogP contribution in [-0.4, -0.2) is 25.3 Å². The van der Waals surface area contributed by atoms with Gasteiger partial charge in [0, 0.05) is 6.04 Å². The Morgan fingerprint density at radius 3 is 2.94 bits per heavy atom. The minimum atomic E-state index is -0.762. The van der Waals surface area contributed by atoms with Gasteiger partial charge in [0.05, 0.1) is 7.11 Å². The highest BCUT2D eigenvalue weighted by Gasteiger charge is 2.39. The molecule has 94 valence electrons. The maximum Gasteiger partial charge on any atom is 0.119 e. The van der Waals surface area contributed by atoms with Gasteiger partial charge in [0.1, 0.15) is 11.4 Å². The summed E-state index contributed by atoms with van der Waals surface area (Å²) in [5.74, 6) is 0.802. The summed E-state index contributed by atoms with van der Waals surface area (Å²) in [6.07, 6.45) is 4.08. The molecule has 0 amide bonds. The highest BCUT2D eigenvalue weighted by molar-refractivity contribution is 5.33. The fraction of sp³-hybridized carbons (Fsp3) is 0.571. The number of rotatable bonds is 3. The van der Waals surface area contributed by atoms with Crippen molar-refractivity contribution in [1.82, 2.24) is 5.32 Å². The minimum absolute atomic E-state index is 0.128. The molecule has 1 aromatic carbocycles. The van der Waals surface area contributed by atoms with Gasteiger partial charge in [-0.05, 0) is 37.6 Å². The van der Waals surface area contributed by atoms with Gasteiger partial charge in [-0.2, -0.15) is 0 Å². The number of hydrogen-bond acceptors (Lipinski definition) is 3. The van der Waals surface area contributed by atoms with E-state index in [-0.39, 0.29) is 6.04 Å². The molecule has 1 aliphatic carbocycles. The van der Waals surface area contributed by atoms with E-state index >= 15 is 0 Å². The first-order valence-electron chi connectivity index (χ1n) is 6.25. The molecule has 2 atom stereocenters. The van der Waals surface area contributed by atoms with Crippen molar-refractivity contribution in [2.45, 2.75) is 37.3 Å². The summed E-state index contributed by atoms with van der Waals surface area (Å²) in [6.45, 7) is 0. The van der Waals surface area contributed by atoms with Gasteiger partial charge in [-0.25, -0.2) is 0 Å². The van der Waals surface area contributed by atoms with Gasteiger partial charge < -0.3 is 15.2 Å². The number of methoxy groups -OCH3 is 1. The van der Waals surface area contributed by atoms with Crippen molar-refractivity contribution < 1.29 is 9.84 Å². The lowest BCUT2D eigenvalue weighted by molar-refractivity contribution is -0.0300. The van der Waals surface area contributed by atoms with Crippen LogP contribution in [-0.2, 0) is 5.60 Å². The standard InChI is InChI=1S/C14H21NO2/c1-15-13-8-3-4-9-14(13,16)11-6-5-7-12(10-11)17-2/h5-7,10,13,15-16H,3-4,8-9H2,1-2H3/t13-,14+/m0/s1. The normalized spacial score (nSPS) is 29.0. The molecule has 0 aliphatic heterocycles. The van der Waals surface area contributed by atoms with Crippen molar-refractivity contribution in [3.05, 3.63) is 29.8 Å². The Hall–Kier alpha value is -1.06. The lowest BCUT2D eigenvalue weighted by Gasteiger charge is -2.40. The predicted octanol–water partition coefficient (Wildman–Crippen LogP) is 2.04. The van der Waals surface area contributed by atoms with Crippen LogP contribution in [0.25, 0.3) is 0 Å². The summed E-state index contributed by atoms with van der Waals surface area (Å²) in [5, 5.41) is 14.1. The monoisotopic (exact) mass is 235 g/mol. The van der Waals surface area contributed by atoms with E-state index in [1.807, 2.05) is 31.3 Å². The van der Waals surface area contributed by atoms with Crippen LogP contribution in [0.5, 0.6) is 5.75 Å². The first-order chi connectivity index (χ1) is 8.20. The topological polar surface area (TPSA) is 41.5 Å². The smallest absolute Gasteiger partial charge is 0.119 e. The highest BCUT2D eigenvalue weighted by atomic mass is 16.5. The van der Waals surface area contributed by atoms with Gasteiger partial charge in [0.25, 0.3) is 0 Å². The van der Waals surface area contributed by atoms with Gasteiger partial charge in [-0.15, -0.1) is 0 Å². The lowest BCUT2D eigenvalue weighted by atomic mass is 9.76. The number of hydrogen-bond donors (Lipinski definition) is 2. The highest BCUT2D eigenvalue weighted by Crippen LogP contribution is 2.38. The van der Waals surface area contributed by atoms with Gasteiger partial charge in [-0.1, -0.05) is 25.0 Å². The van der Waals surface area contributed by atoms with Crippen LogP contribution in [0.4, 0.5) is 0 Å². The molecule has 1 fully saturated rings. The molecule has 3 heteroatoms. The molecule has 0 bridgehead atoms. The molecular weight excluding hydrogens is 214 g/mol. The molecule has 1 saturated carbocycles. The largest absolute Gasteiger partial charge is 0.497 e. The second-order valence-electron chi connectivity index (χ2n) is 4.74. The Kier molecular flexibility index (Phi) is 3.69. The predicted molar refractivity (Wildman–Crippen MR) is 68.2 cm³/mol. The number of likely N-dealkylation sites (N-methyl/N-ethyl adjacent to an activating group) is 1. The summed E-state index contributed by atoms with van der Waals surface area (Å²) >= 11 is 0. The zero-order chi connectivity index (χ0) is 12.3. The first-order valence-corrected chi connectivity index (χ1v) is 6.25. The lowest BCUT2D eigenvalue weighted by Crippen LogP contribution is -2.49. The zero-order valence-electron chi connectivity index (χ0n) is 10.6. The molecule has 0 heterocycles. The van der Waals surface area contributed by atoms with E-state index < -0.39 is 5.60 Å². The molecule has 0 spiro atoms. The van der Waals surface area contributed by atoms with Crippen LogP contribution in [0.2, 0.25) is 0 Å². The van der Waals surface area contributed by atoms with Crippen molar-refractivity contribution in [3.63, 3.8) is 0 Å². The molecule has 0 aromatic heterocycles. The van der Waals surface area contributed by atoms with Crippen molar-refractivity contribution >= 4 is 0 Å². The van der Waals surface area contributed by atoms with E-state index in [1.54, 1.807) is 7.11 Å². The van der Waals surface area contributed by atoms with E-state index in [4.69, 9.17) is 4.74 Å². The molecular formula is C14H21NO2. The number of nitrogens with one attached hydrogen (secondary N) is 1. The molecule has 0 unspecified atom stereocenters. The minimum Gasteiger partial charge on any atom is -0.497 e. The molecule has 0 radical (unpaired) electrons. The molecule has 2 N–H and O–H groups in total. The maximum absolute atomic E-state index is 10.9. The summed E-state index contributed by atoms with van der Waals surface area (Å²) < 4.78 is 5.23. The van der Waals surface area contributed by atoms with Gasteiger partial charge in [-0.3, -0.25) is 0 Å². The van der Waals surface area contributed by atoms with Crippen molar-refractivity contribution in [3.8, 4) is 5.75 Å². The molecule has 0 saturated heterocycles. The first kappa shape index (κ1) is 12.4. The van der Waals surface area contributed by atoms with Gasteiger partial charge in [0.2, 0.25) is 0 Å². The average molecular weight is 235 g/mol. The average Bonchev–Trinajstić information content (AvgIpc) is 2.39. The third-order valence-corrected chi connectivity index (χ3v) is 3.80. The van der Waals surface area contributed by atoms with E-state index in [0.717, 1.165) is 30.6 Å². The van der Waals surface area contributed by atoms with Crippen molar-refractivity contribution in [2.24, 2.45) is 0 Å². The number of ether oxygens (including phenoxy) is 1. The molecule has 17 heavy (non-hydrogen) atoms.